The number of amides is 1. The summed E-state index contributed by atoms with van der Waals surface area (Å²) in [4.78, 5) is 18.1. The minimum absolute atomic E-state index is 0.230. The zero-order valence-electron chi connectivity index (χ0n) is 11.1. The van der Waals surface area contributed by atoms with Crippen molar-refractivity contribution in [1.29, 1.82) is 0 Å². The lowest BCUT2D eigenvalue weighted by molar-refractivity contribution is 0.0954. The van der Waals surface area contributed by atoms with E-state index in [1.54, 1.807) is 35.9 Å². The van der Waals surface area contributed by atoms with Crippen LogP contribution in [0.5, 0.6) is 0 Å². The van der Waals surface area contributed by atoms with Crippen LogP contribution < -0.4 is 5.43 Å². The minimum atomic E-state index is -0.230. The number of carbonyl (C=O) groups is 1. The van der Waals surface area contributed by atoms with Crippen molar-refractivity contribution < 1.29 is 4.79 Å². The summed E-state index contributed by atoms with van der Waals surface area (Å²) < 4.78 is 0. The van der Waals surface area contributed by atoms with E-state index in [1.807, 2.05) is 6.92 Å². The Morgan fingerprint density at radius 3 is 2.58 bits per heavy atom. The molecule has 0 aromatic carbocycles. The monoisotopic (exact) mass is 273 g/mol. The molecule has 0 spiro atoms. The van der Waals surface area contributed by atoms with Crippen LogP contribution in [0.3, 0.4) is 0 Å². The van der Waals surface area contributed by atoms with E-state index in [-0.39, 0.29) is 5.91 Å². The summed E-state index contributed by atoms with van der Waals surface area (Å²) in [7, 11) is 0. The molecule has 0 fully saturated rings. The lowest BCUT2D eigenvalue weighted by Crippen LogP contribution is -2.19. The number of aryl methyl sites for hydroxylation is 2. The quantitative estimate of drug-likeness (QED) is 0.690. The second-order valence-electron chi connectivity index (χ2n) is 4.20. The van der Waals surface area contributed by atoms with Gasteiger partial charge in [-0.2, -0.15) is 5.10 Å². The highest BCUT2D eigenvalue weighted by molar-refractivity contribution is 7.12. The molecule has 0 saturated carbocycles. The highest BCUT2D eigenvalue weighted by Gasteiger charge is 2.07. The molecule has 1 N–H and O–H groups in total. The molecular weight excluding hydrogens is 258 g/mol. The van der Waals surface area contributed by atoms with Gasteiger partial charge in [0.1, 0.15) is 0 Å². The molecule has 2 rings (SSSR count). The Bertz CT molecular complexity index is 617. The Kier molecular flexibility index (Phi) is 4.06. The van der Waals surface area contributed by atoms with E-state index in [1.165, 1.54) is 9.75 Å². The van der Waals surface area contributed by atoms with Crippen LogP contribution in [0, 0.1) is 13.8 Å². The SMILES string of the molecule is C/C(=N/NC(=O)c1ccncc1)c1cc(C)sc1C. The first kappa shape index (κ1) is 13.4. The predicted octanol–water partition coefficient (Wildman–Crippen LogP) is 2.91. The van der Waals surface area contributed by atoms with Gasteiger partial charge in [-0.05, 0) is 39.0 Å². The highest BCUT2D eigenvalue weighted by Crippen LogP contribution is 2.21. The van der Waals surface area contributed by atoms with Gasteiger partial charge in [-0.1, -0.05) is 0 Å². The van der Waals surface area contributed by atoms with Crippen LogP contribution in [0.15, 0.2) is 35.7 Å². The topological polar surface area (TPSA) is 54.4 Å². The third kappa shape index (κ3) is 3.26. The van der Waals surface area contributed by atoms with Crippen molar-refractivity contribution in [3.8, 4) is 0 Å². The molecule has 2 heterocycles. The van der Waals surface area contributed by atoms with Crippen LogP contribution in [0.2, 0.25) is 0 Å². The van der Waals surface area contributed by atoms with E-state index in [0.29, 0.717) is 5.56 Å². The van der Waals surface area contributed by atoms with Crippen molar-refractivity contribution in [1.82, 2.24) is 10.4 Å². The fourth-order valence-corrected chi connectivity index (χ4v) is 2.73. The lowest BCUT2D eigenvalue weighted by atomic mass is 10.2. The normalized spacial score (nSPS) is 11.4. The van der Waals surface area contributed by atoms with E-state index in [2.05, 4.69) is 35.4 Å². The number of pyridine rings is 1. The fraction of sp³-hybridized carbons (Fsp3) is 0.214. The Hall–Kier alpha value is -2.01. The Balaban J connectivity index is 2.11. The molecule has 0 aliphatic carbocycles. The Morgan fingerprint density at radius 2 is 2.00 bits per heavy atom. The summed E-state index contributed by atoms with van der Waals surface area (Å²) in [6.07, 6.45) is 3.16. The van der Waals surface area contributed by atoms with Gasteiger partial charge < -0.3 is 0 Å². The number of nitrogens with zero attached hydrogens (tertiary/aromatic N) is 2. The van der Waals surface area contributed by atoms with Crippen molar-refractivity contribution in [2.24, 2.45) is 5.10 Å². The molecule has 0 bridgehead atoms. The van der Waals surface area contributed by atoms with E-state index in [9.17, 15) is 4.79 Å². The summed E-state index contributed by atoms with van der Waals surface area (Å²) in [6.45, 7) is 6.00. The van der Waals surface area contributed by atoms with Crippen LogP contribution in [0.25, 0.3) is 0 Å². The number of rotatable bonds is 3. The predicted molar refractivity (Wildman–Crippen MR) is 77.7 cm³/mol. The first-order valence-corrected chi connectivity index (χ1v) is 6.71. The Labute approximate surface area is 116 Å². The van der Waals surface area contributed by atoms with Gasteiger partial charge in [0.25, 0.3) is 5.91 Å². The maximum absolute atomic E-state index is 11.8. The summed E-state index contributed by atoms with van der Waals surface area (Å²) in [5.41, 5.74) is 5.00. The molecule has 1 amide bonds. The molecule has 2 aromatic rings. The molecule has 0 unspecified atom stereocenters. The minimum Gasteiger partial charge on any atom is -0.267 e. The van der Waals surface area contributed by atoms with E-state index in [4.69, 9.17) is 0 Å². The second-order valence-corrected chi connectivity index (χ2v) is 5.66. The maximum atomic E-state index is 11.8. The Morgan fingerprint density at radius 1 is 1.32 bits per heavy atom. The van der Waals surface area contributed by atoms with E-state index >= 15 is 0 Å². The number of hydrazone groups is 1. The first-order chi connectivity index (χ1) is 9.08. The smallest absolute Gasteiger partial charge is 0.267 e. The summed E-state index contributed by atoms with van der Waals surface area (Å²) in [5, 5.41) is 4.15. The van der Waals surface area contributed by atoms with Crippen LogP contribution in [-0.2, 0) is 0 Å². The zero-order valence-corrected chi connectivity index (χ0v) is 11.9. The molecule has 4 nitrogen and oxygen atoms in total. The largest absolute Gasteiger partial charge is 0.271 e. The van der Waals surface area contributed by atoms with E-state index in [0.717, 1.165) is 11.3 Å². The third-order valence-electron chi connectivity index (χ3n) is 2.70. The van der Waals surface area contributed by atoms with Crippen molar-refractivity contribution in [2.75, 3.05) is 0 Å². The van der Waals surface area contributed by atoms with Gasteiger partial charge in [0.15, 0.2) is 0 Å². The molecule has 0 atom stereocenters. The molecule has 5 heteroatoms. The average Bonchev–Trinajstić information content (AvgIpc) is 2.75. The van der Waals surface area contributed by atoms with Crippen molar-refractivity contribution >= 4 is 23.0 Å². The molecule has 0 radical (unpaired) electrons. The molecule has 98 valence electrons. The first-order valence-electron chi connectivity index (χ1n) is 5.90. The van der Waals surface area contributed by atoms with Gasteiger partial charge in [-0.25, -0.2) is 5.43 Å². The number of nitrogens with one attached hydrogen (secondary N) is 1. The van der Waals surface area contributed by atoms with Gasteiger partial charge in [-0.3, -0.25) is 9.78 Å². The number of aromatic nitrogens is 1. The van der Waals surface area contributed by atoms with Crippen LogP contribution in [0.1, 0.15) is 32.6 Å². The maximum Gasteiger partial charge on any atom is 0.271 e. The molecule has 2 aromatic heterocycles. The third-order valence-corrected chi connectivity index (χ3v) is 3.66. The highest BCUT2D eigenvalue weighted by atomic mass is 32.1. The molecule has 19 heavy (non-hydrogen) atoms. The number of carbonyl (C=O) groups excluding carboxylic acids is 1. The number of hydrogen-bond donors (Lipinski definition) is 1. The van der Waals surface area contributed by atoms with E-state index < -0.39 is 0 Å². The summed E-state index contributed by atoms with van der Waals surface area (Å²) >= 11 is 1.73. The van der Waals surface area contributed by atoms with Crippen LogP contribution in [0.4, 0.5) is 0 Å². The number of hydrogen-bond acceptors (Lipinski definition) is 4. The average molecular weight is 273 g/mol. The molecule has 0 aliphatic heterocycles. The van der Waals surface area contributed by atoms with Gasteiger partial charge in [0, 0.05) is 33.3 Å². The van der Waals surface area contributed by atoms with Crippen LogP contribution >= 0.6 is 11.3 Å². The number of thiophene rings is 1. The lowest BCUT2D eigenvalue weighted by Gasteiger charge is -2.02. The second kappa shape index (κ2) is 5.75. The summed E-state index contributed by atoms with van der Waals surface area (Å²) in [6, 6.07) is 5.39. The zero-order chi connectivity index (χ0) is 13.8. The van der Waals surface area contributed by atoms with Crippen molar-refractivity contribution in [2.45, 2.75) is 20.8 Å². The molecule has 0 saturated heterocycles. The summed E-state index contributed by atoms with van der Waals surface area (Å²) in [5.74, 6) is -0.230. The van der Waals surface area contributed by atoms with Gasteiger partial charge in [0.05, 0.1) is 5.71 Å². The standard InChI is InChI=1S/C14H15N3OS/c1-9-8-13(11(3)19-9)10(2)16-17-14(18)12-4-6-15-7-5-12/h4-8H,1-3H3,(H,17,18)/b16-10-. The molecular formula is C14H15N3OS. The molecule has 0 aliphatic rings. The van der Waals surface area contributed by atoms with Crippen molar-refractivity contribution in [3.63, 3.8) is 0 Å². The van der Waals surface area contributed by atoms with Gasteiger partial charge in [-0.15, -0.1) is 11.3 Å². The van der Waals surface area contributed by atoms with Gasteiger partial charge >= 0.3 is 0 Å². The van der Waals surface area contributed by atoms with Crippen molar-refractivity contribution in [3.05, 3.63) is 51.5 Å². The van der Waals surface area contributed by atoms with Crippen LogP contribution in [-0.4, -0.2) is 16.6 Å². The fourth-order valence-electron chi connectivity index (χ4n) is 1.75. The van der Waals surface area contributed by atoms with Gasteiger partial charge in [0.2, 0.25) is 0 Å².